The fourth-order valence-electron chi connectivity index (χ4n) is 2.85. The molecule has 148 valence electrons. The summed E-state index contributed by atoms with van der Waals surface area (Å²) in [4.78, 5) is 29.3. The van der Waals surface area contributed by atoms with Gasteiger partial charge in [-0.25, -0.2) is 14.6 Å². The van der Waals surface area contributed by atoms with Gasteiger partial charge in [-0.1, -0.05) is 26.0 Å². The minimum Gasteiger partial charge on any atom is -0.303 e. The summed E-state index contributed by atoms with van der Waals surface area (Å²) in [6.07, 6.45) is 2.36. The lowest BCUT2D eigenvalue weighted by Crippen LogP contribution is -2.37. The van der Waals surface area contributed by atoms with Crippen LogP contribution >= 0.6 is 0 Å². The first-order valence-corrected chi connectivity index (χ1v) is 9.00. The zero-order valence-corrected chi connectivity index (χ0v) is 16.3. The fraction of sp³-hybridized carbons (Fsp3) is 0.368. The number of benzene rings is 1. The predicted octanol–water partition coefficient (Wildman–Crippen LogP) is 2.06. The Morgan fingerprint density at radius 1 is 1.18 bits per heavy atom. The van der Waals surface area contributed by atoms with Crippen molar-refractivity contribution in [2.75, 3.05) is 5.43 Å². The highest BCUT2D eigenvalue weighted by Crippen LogP contribution is 2.17. The first-order valence-electron chi connectivity index (χ1n) is 9.00. The van der Waals surface area contributed by atoms with Crippen molar-refractivity contribution < 1.29 is 4.39 Å². The van der Waals surface area contributed by atoms with E-state index in [1.165, 1.54) is 30.0 Å². The minimum absolute atomic E-state index is 0.302. The molecule has 0 saturated heterocycles. The first kappa shape index (κ1) is 19.5. The van der Waals surface area contributed by atoms with Crippen LogP contribution in [0.25, 0.3) is 11.2 Å². The average molecular weight is 386 g/mol. The lowest BCUT2D eigenvalue weighted by Gasteiger charge is -2.10. The first-order chi connectivity index (χ1) is 13.3. The van der Waals surface area contributed by atoms with Crippen LogP contribution in [0.2, 0.25) is 0 Å². The molecule has 2 heterocycles. The maximum absolute atomic E-state index is 13.0. The molecule has 3 rings (SSSR count). The summed E-state index contributed by atoms with van der Waals surface area (Å²) in [5.74, 6) is 0.467. The number of halogens is 1. The molecule has 0 radical (unpaired) electrons. The van der Waals surface area contributed by atoms with Crippen molar-refractivity contribution in [2.45, 2.75) is 26.8 Å². The third kappa shape index (κ3) is 3.73. The number of aryl methyl sites for hydroxylation is 2. The largest absolute Gasteiger partial charge is 0.332 e. The molecule has 3 aromatic rings. The number of hydrazone groups is 1. The van der Waals surface area contributed by atoms with Gasteiger partial charge in [0.25, 0.3) is 5.56 Å². The number of nitrogens with zero attached hydrogens (tertiary/aromatic N) is 5. The Balaban J connectivity index is 2.05. The molecule has 0 aliphatic carbocycles. The molecule has 0 aliphatic heterocycles. The summed E-state index contributed by atoms with van der Waals surface area (Å²) in [6, 6.07) is 5.89. The smallest absolute Gasteiger partial charge is 0.303 e. The SMILES string of the molecule is CC(C)CCn1c(N/N=C/c2ccc(F)cc2)nc2c1c(=O)n(C)c(=O)n2C. The second kappa shape index (κ2) is 7.79. The van der Waals surface area contributed by atoms with E-state index in [1.54, 1.807) is 23.7 Å². The Morgan fingerprint density at radius 3 is 2.50 bits per heavy atom. The van der Waals surface area contributed by atoms with Gasteiger partial charge < -0.3 is 4.57 Å². The van der Waals surface area contributed by atoms with Gasteiger partial charge in [-0.3, -0.25) is 13.9 Å². The van der Waals surface area contributed by atoms with Gasteiger partial charge in [0.15, 0.2) is 11.2 Å². The normalized spacial score (nSPS) is 11.8. The van der Waals surface area contributed by atoms with Crippen molar-refractivity contribution >= 4 is 23.3 Å². The van der Waals surface area contributed by atoms with Crippen LogP contribution in [-0.4, -0.2) is 24.9 Å². The van der Waals surface area contributed by atoms with E-state index in [-0.39, 0.29) is 5.82 Å². The van der Waals surface area contributed by atoms with E-state index in [1.807, 2.05) is 0 Å². The molecule has 28 heavy (non-hydrogen) atoms. The maximum atomic E-state index is 13.0. The number of nitrogens with one attached hydrogen (secondary N) is 1. The number of aromatic nitrogens is 4. The fourth-order valence-corrected chi connectivity index (χ4v) is 2.85. The molecule has 0 atom stereocenters. The van der Waals surface area contributed by atoms with Crippen LogP contribution in [0.4, 0.5) is 10.3 Å². The number of imidazole rings is 1. The van der Waals surface area contributed by atoms with Gasteiger partial charge in [0, 0.05) is 20.6 Å². The van der Waals surface area contributed by atoms with Gasteiger partial charge in [-0.2, -0.15) is 10.1 Å². The Bertz CT molecular complexity index is 1140. The van der Waals surface area contributed by atoms with Crippen LogP contribution < -0.4 is 16.7 Å². The Morgan fingerprint density at radius 2 is 1.86 bits per heavy atom. The zero-order chi connectivity index (χ0) is 20.4. The third-order valence-electron chi connectivity index (χ3n) is 4.53. The highest BCUT2D eigenvalue weighted by molar-refractivity contribution is 5.80. The van der Waals surface area contributed by atoms with Gasteiger partial charge in [-0.05, 0) is 30.0 Å². The summed E-state index contributed by atoms with van der Waals surface area (Å²) in [5, 5.41) is 4.15. The second-order valence-corrected chi connectivity index (χ2v) is 7.07. The summed E-state index contributed by atoms with van der Waals surface area (Å²) >= 11 is 0. The standard InChI is InChI=1S/C19H23FN6O2/c1-12(2)9-10-26-15-16(24(3)19(28)25(4)17(15)27)22-18(26)23-21-11-13-5-7-14(20)8-6-13/h5-8,11-12H,9-10H2,1-4H3,(H,22,23)/b21-11+. The number of rotatable bonds is 6. The molecular weight excluding hydrogens is 363 g/mol. The van der Waals surface area contributed by atoms with Crippen LogP contribution in [0, 0.1) is 11.7 Å². The molecule has 9 heteroatoms. The zero-order valence-electron chi connectivity index (χ0n) is 16.3. The highest BCUT2D eigenvalue weighted by Gasteiger charge is 2.19. The molecule has 0 amide bonds. The Labute approximate surface area is 160 Å². The van der Waals surface area contributed by atoms with Crippen LogP contribution in [-0.2, 0) is 20.6 Å². The van der Waals surface area contributed by atoms with Crippen LogP contribution in [0.15, 0.2) is 39.0 Å². The lowest BCUT2D eigenvalue weighted by atomic mass is 10.1. The molecule has 0 aliphatic rings. The molecule has 1 N–H and O–H groups in total. The third-order valence-corrected chi connectivity index (χ3v) is 4.53. The molecule has 0 saturated carbocycles. The summed E-state index contributed by atoms with van der Waals surface area (Å²) < 4.78 is 17.2. The van der Waals surface area contributed by atoms with Crippen molar-refractivity contribution in [1.29, 1.82) is 0 Å². The minimum atomic E-state index is -0.438. The maximum Gasteiger partial charge on any atom is 0.332 e. The predicted molar refractivity (Wildman–Crippen MR) is 107 cm³/mol. The quantitative estimate of drug-likeness (QED) is 0.519. The summed E-state index contributed by atoms with van der Waals surface area (Å²) in [5.41, 5.74) is 3.38. The molecule has 0 spiro atoms. The Kier molecular flexibility index (Phi) is 5.43. The van der Waals surface area contributed by atoms with E-state index in [0.717, 1.165) is 11.0 Å². The second-order valence-electron chi connectivity index (χ2n) is 7.07. The van der Waals surface area contributed by atoms with Gasteiger partial charge in [-0.15, -0.1) is 0 Å². The van der Waals surface area contributed by atoms with Crippen molar-refractivity contribution in [1.82, 2.24) is 18.7 Å². The molecule has 2 aromatic heterocycles. The van der Waals surface area contributed by atoms with E-state index < -0.39 is 11.2 Å². The molecular formula is C19H23FN6O2. The van der Waals surface area contributed by atoms with E-state index in [2.05, 4.69) is 29.4 Å². The van der Waals surface area contributed by atoms with E-state index in [4.69, 9.17) is 0 Å². The van der Waals surface area contributed by atoms with Gasteiger partial charge in [0.1, 0.15) is 5.82 Å². The molecule has 0 unspecified atom stereocenters. The number of hydrogen-bond donors (Lipinski definition) is 1. The van der Waals surface area contributed by atoms with Crippen LogP contribution in [0.1, 0.15) is 25.8 Å². The Hall–Kier alpha value is -3.23. The van der Waals surface area contributed by atoms with E-state index in [0.29, 0.717) is 35.1 Å². The van der Waals surface area contributed by atoms with E-state index in [9.17, 15) is 14.0 Å². The number of hydrogen-bond acceptors (Lipinski definition) is 5. The van der Waals surface area contributed by atoms with Crippen molar-refractivity contribution in [3.05, 3.63) is 56.5 Å². The van der Waals surface area contributed by atoms with Gasteiger partial charge >= 0.3 is 5.69 Å². The van der Waals surface area contributed by atoms with Crippen molar-refractivity contribution in [2.24, 2.45) is 25.1 Å². The summed E-state index contributed by atoms with van der Waals surface area (Å²) in [7, 11) is 3.03. The molecule has 1 aromatic carbocycles. The van der Waals surface area contributed by atoms with Crippen molar-refractivity contribution in [3.63, 3.8) is 0 Å². The van der Waals surface area contributed by atoms with Crippen LogP contribution in [0.5, 0.6) is 0 Å². The molecule has 0 bridgehead atoms. The van der Waals surface area contributed by atoms with Crippen LogP contribution in [0.3, 0.4) is 0 Å². The summed E-state index contributed by atoms with van der Waals surface area (Å²) in [6.45, 7) is 4.73. The monoisotopic (exact) mass is 386 g/mol. The highest BCUT2D eigenvalue weighted by atomic mass is 19.1. The number of fused-ring (bicyclic) bond motifs is 1. The van der Waals surface area contributed by atoms with Gasteiger partial charge in [0.2, 0.25) is 5.95 Å². The van der Waals surface area contributed by atoms with Gasteiger partial charge in [0.05, 0.1) is 6.21 Å². The lowest BCUT2D eigenvalue weighted by molar-refractivity contribution is 0.524. The average Bonchev–Trinajstić information content (AvgIpc) is 3.03. The molecule has 8 nitrogen and oxygen atoms in total. The number of anilines is 1. The topological polar surface area (TPSA) is 86.2 Å². The molecule has 0 fully saturated rings. The van der Waals surface area contributed by atoms with Crippen molar-refractivity contribution in [3.8, 4) is 0 Å². The van der Waals surface area contributed by atoms with E-state index >= 15 is 0 Å².